The van der Waals surface area contributed by atoms with Crippen molar-refractivity contribution in [1.82, 2.24) is 9.78 Å². The summed E-state index contributed by atoms with van der Waals surface area (Å²) in [5.74, 6) is 0. The molecule has 0 aliphatic heterocycles. The molecular weight excluding hydrogens is 264 g/mol. The molecule has 1 saturated carbocycles. The molecule has 0 bridgehead atoms. The molecule has 2 rings (SSSR count). The predicted octanol–water partition coefficient (Wildman–Crippen LogP) is 3.48. The summed E-state index contributed by atoms with van der Waals surface area (Å²) in [6.45, 7) is 2.17. The summed E-state index contributed by atoms with van der Waals surface area (Å²) >= 11 is 3.71. The first kappa shape index (κ1) is 12.2. The summed E-state index contributed by atoms with van der Waals surface area (Å²) in [7, 11) is 2.07. The second-order valence-electron chi connectivity index (χ2n) is 5.12. The second-order valence-corrected chi connectivity index (χ2v) is 5.68. The van der Waals surface area contributed by atoms with Gasteiger partial charge in [0.25, 0.3) is 0 Å². The van der Waals surface area contributed by atoms with E-state index in [2.05, 4.69) is 45.7 Å². The Morgan fingerprint density at radius 1 is 1.44 bits per heavy atom. The van der Waals surface area contributed by atoms with Gasteiger partial charge in [-0.15, -0.1) is 0 Å². The van der Waals surface area contributed by atoms with Crippen LogP contribution in [0.5, 0.6) is 0 Å². The molecular formula is C13H21BrN2. The van der Waals surface area contributed by atoms with Gasteiger partial charge in [-0.25, -0.2) is 0 Å². The zero-order chi connectivity index (χ0) is 11.6. The van der Waals surface area contributed by atoms with Gasteiger partial charge in [0.15, 0.2) is 0 Å². The van der Waals surface area contributed by atoms with Gasteiger partial charge in [0.1, 0.15) is 0 Å². The van der Waals surface area contributed by atoms with E-state index in [1.54, 1.807) is 0 Å². The van der Waals surface area contributed by atoms with Crippen molar-refractivity contribution in [2.24, 2.45) is 12.5 Å². The summed E-state index contributed by atoms with van der Waals surface area (Å²) < 4.78 is 2.07. The fraction of sp³-hybridized carbons (Fsp3) is 0.769. The molecule has 0 radical (unpaired) electrons. The van der Waals surface area contributed by atoms with E-state index in [9.17, 15) is 0 Å². The molecule has 1 aromatic heterocycles. The Kier molecular flexibility index (Phi) is 3.73. The van der Waals surface area contributed by atoms with Crippen LogP contribution in [0.25, 0.3) is 0 Å². The van der Waals surface area contributed by atoms with Crippen molar-refractivity contribution in [3.8, 4) is 0 Å². The van der Waals surface area contributed by atoms with E-state index in [1.807, 2.05) is 0 Å². The lowest BCUT2D eigenvalue weighted by molar-refractivity contribution is 0.337. The van der Waals surface area contributed by atoms with E-state index in [0.717, 1.165) is 11.8 Å². The van der Waals surface area contributed by atoms with Crippen LogP contribution in [0.15, 0.2) is 6.07 Å². The number of hydrogen-bond donors (Lipinski definition) is 0. The maximum Gasteiger partial charge on any atom is 0.0624 e. The molecule has 1 aliphatic carbocycles. The van der Waals surface area contributed by atoms with Crippen LogP contribution in [0, 0.1) is 5.41 Å². The van der Waals surface area contributed by atoms with E-state index in [-0.39, 0.29) is 0 Å². The minimum absolute atomic E-state index is 0.499. The van der Waals surface area contributed by atoms with E-state index in [0.29, 0.717) is 5.41 Å². The molecule has 0 aromatic carbocycles. The van der Waals surface area contributed by atoms with E-state index >= 15 is 0 Å². The molecule has 0 unspecified atom stereocenters. The molecule has 1 aromatic rings. The Morgan fingerprint density at radius 3 is 2.62 bits per heavy atom. The van der Waals surface area contributed by atoms with E-state index < -0.39 is 0 Å². The third-order valence-corrected chi connectivity index (χ3v) is 5.08. The average Bonchev–Trinajstić information content (AvgIpc) is 2.88. The topological polar surface area (TPSA) is 17.8 Å². The van der Waals surface area contributed by atoms with Crippen LogP contribution in [0.4, 0.5) is 0 Å². The van der Waals surface area contributed by atoms with Gasteiger partial charge in [-0.2, -0.15) is 5.10 Å². The Balaban J connectivity index is 2.15. The number of hydrogen-bond acceptors (Lipinski definition) is 1. The summed E-state index contributed by atoms with van der Waals surface area (Å²) in [5.41, 5.74) is 3.12. The molecule has 1 fully saturated rings. The Hall–Kier alpha value is -0.310. The zero-order valence-corrected chi connectivity index (χ0v) is 11.9. The fourth-order valence-corrected chi connectivity index (χ4v) is 3.54. The molecule has 0 amide bonds. The highest BCUT2D eigenvalue weighted by molar-refractivity contribution is 9.09. The van der Waals surface area contributed by atoms with Gasteiger partial charge in [-0.3, -0.25) is 4.68 Å². The minimum Gasteiger partial charge on any atom is -0.272 e. The van der Waals surface area contributed by atoms with Crippen LogP contribution in [0.3, 0.4) is 0 Å². The molecule has 2 nitrogen and oxygen atoms in total. The fourth-order valence-electron chi connectivity index (χ4n) is 2.78. The van der Waals surface area contributed by atoms with Crippen molar-refractivity contribution in [1.29, 1.82) is 0 Å². The van der Waals surface area contributed by atoms with E-state index in [4.69, 9.17) is 0 Å². The van der Waals surface area contributed by atoms with Crippen molar-refractivity contribution in [3.63, 3.8) is 0 Å². The van der Waals surface area contributed by atoms with Crippen molar-refractivity contribution < 1.29 is 0 Å². The highest BCUT2D eigenvalue weighted by Crippen LogP contribution is 2.42. The van der Waals surface area contributed by atoms with E-state index in [1.165, 1.54) is 43.5 Å². The molecule has 1 heterocycles. The lowest BCUT2D eigenvalue weighted by Crippen LogP contribution is -2.22. The molecule has 0 spiro atoms. The van der Waals surface area contributed by atoms with Crippen LogP contribution in [-0.4, -0.2) is 15.1 Å². The van der Waals surface area contributed by atoms with Crippen LogP contribution in [-0.2, 0) is 19.9 Å². The Bertz CT molecular complexity index is 351. The van der Waals surface area contributed by atoms with Crippen LogP contribution in [0.2, 0.25) is 0 Å². The highest BCUT2D eigenvalue weighted by Gasteiger charge is 2.33. The van der Waals surface area contributed by atoms with Crippen molar-refractivity contribution in [3.05, 3.63) is 17.5 Å². The standard InChI is InChI=1S/C13H21BrN2/c1-3-11-8-12(16(2)15-11)9-13(10-14)6-4-5-7-13/h8H,3-7,9-10H2,1-2H3. The summed E-state index contributed by atoms with van der Waals surface area (Å²) in [5, 5.41) is 5.67. The highest BCUT2D eigenvalue weighted by atomic mass is 79.9. The van der Waals surface area contributed by atoms with Gasteiger partial charge in [0, 0.05) is 18.1 Å². The minimum atomic E-state index is 0.499. The van der Waals surface area contributed by atoms with Gasteiger partial charge < -0.3 is 0 Å². The largest absolute Gasteiger partial charge is 0.272 e. The Morgan fingerprint density at radius 2 is 2.12 bits per heavy atom. The summed E-state index contributed by atoms with van der Waals surface area (Å²) in [6, 6.07) is 2.28. The molecule has 0 N–H and O–H groups in total. The molecule has 90 valence electrons. The lowest BCUT2D eigenvalue weighted by Gasteiger charge is -2.26. The summed E-state index contributed by atoms with van der Waals surface area (Å²) in [6.07, 6.45) is 7.74. The third-order valence-electron chi connectivity index (χ3n) is 3.89. The van der Waals surface area contributed by atoms with Crippen molar-refractivity contribution >= 4 is 15.9 Å². The first-order valence-electron chi connectivity index (χ1n) is 6.27. The number of alkyl halides is 1. The number of halogens is 1. The molecule has 0 saturated heterocycles. The monoisotopic (exact) mass is 284 g/mol. The maximum atomic E-state index is 4.54. The van der Waals surface area contributed by atoms with Gasteiger partial charge >= 0.3 is 0 Å². The average molecular weight is 285 g/mol. The molecule has 3 heteroatoms. The van der Waals surface area contributed by atoms with Crippen molar-refractivity contribution in [2.45, 2.75) is 45.4 Å². The van der Waals surface area contributed by atoms with Gasteiger partial charge in [-0.05, 0) is 37.2 Å². The van der Waals surface area contributed by atoms with Gasteiger partial charge in [0.05, 0.1) is 5.69 Å². The first-order chi connectivity index (χ1) is 7.69. The second kappa shape index (κ2) is 4.91. The summed E-state index contributed by atoms with van der Waals surface area (Å²) in [4.78, 5) is 0. The quantitative estimate of drug-likeness (QED) is 0.774. The number of aromatic nitrogens is 2. The molecule has 0 atom stereocenters. The van der Waals surface area contributed by atoms with Gasteiger partial charge in [0.2, 0.25) is 0 Å². The Labute approximate surface area is 107 Å². The lowest BCUT2D eigenvalue weighted by atomic mass is 9.84. The smallest absolute Gasteiger partial charge is 0.0624 e. The van der Waals surface area contributed by atoms with Crippen LogP contribution >= 0.6 is 15.9 Å². The number of rotatable bonds is 4. The van der Waals surface area contributed by atoms with Crippen molar-refractivity contribution in [2.75, 3.05) is 5.33 Å². The normalized spacial score (nSPS) is 19.2. The van der Waals surface area contributed by atoms with Gasteiger partial charge in [-0.1, -0.05) is 35.7 Å². The molecule has 1 aliphatic rings. The van der Waals surface area contributed by atoms with Crippen LogP contribution in [0.1, 0.15) is 44.0 Å². The predicted molar refractivity (Wildman–Crippen MR) is 71.0 cm³/mol. The SMILES string of the molecule is CCc1cc(CC2(CBr)CCCC2)n(C)n1. The third kappa shape index (κ3) is 2.34. The molecule has 16 heavy (non-hydrogen) atoms. The maximum absolute atomic E-state index is 4.54. The number of nitrogens with zero attached hydrogens (tertiary/aromatic N) is 2. The zero-order valence-electron chi connectivity index (χ0n) is 10.3. The number of aryl methyl sites for hydroxylation is 2. The first-order valence-corrected chi connectivity index (χ1v) is 7.39. The van der Waals surface area contributed by atoms with Crippen LogP contribution < -0.4 is 0 Å².